The van der Waals surface area contributed by atoms with Crippen LogP contribution in [0.1, 0.15) is 107 Å². The SMILES string of the molecule is C=O.CCC[C@]1(C)CC[C@]2(C)[C@H](C(=O)C=C3[C@@]4(C)C=C(C)C(=O)C(C)(C)[C@@H]4CC[C@]32C)[C@@H]1CC.CN. The van der Waals surface area contributed by atoms with Crippen molar-refractivity contribution >= 4 is 18.4 Å². The van der Waals surface area contributed by atoms with E-state index in [0.29, 0.717) is 11.7 Å². The van der Waals surface area contributed by atoms with Crippen LogP contribution in [0.4, 0.5) is 0 Å². The molecule has 0 spiro atoms. The summed E-state index contributed by atoms with van der Waals surface area (Å²) in [6.07, 6.45) is 12.3. The number of carbonyl (C=O) groups is 3. The lowest BCUT2D eigenvalue weighted by Gasteiger charge is -2.68. The molecular formula is C32H53NO3. The normalized spacial score (nSPS) is 42.7. The number of Topliss-reactive ketones (excluding diaryl/α,β-unsaturated/α-hetero) is 1. The third-order valence-corrected chi connectivity index (χ3v) is 11.5. The van der Waals surface area contributed by atoms with Crippen LogP contribution in [0.25, 0.3) is 0 Å². The largest absolute Gasteiger partial charge is 0.333 e. The molecule has 0 radical (unpaired) electrons. The van der Waals surface area contributed by atoms with Gasteiger partial charge in [-0.1, -0.05) is 79.9 Å². The second-order valence-corrected chi connectivity index (χ2v) is 13.4. The van der Waals surface area contributed by atoms with Crippen molar-refractivity contribution in [3.05, 3.63) is 23.3 Å². The highest BCUT2D eigenvalue weighted by Crippen LogP contribution is 2.73. The first kappa shape index (κ1) is 30.7. The Kier molecular flexibility index (Phi) is 8.78. The maximum Gasteiger partial charge on any atom is 0.164 e. The van der Waals surface area contributed by atoms with Crippen LogP contribution in [0.2, 0.25) is 0 Å². The summed E-state index contributed by atoms with van der Waals surface area (Å²) >= 11 is 0. The summed E-state index contributed by atoms with van der Waals surface area (Å²) in [7, 11) is 1.50. The Hall–Kier alpha value is -1.55. The molecule has 0 heterocycles. The number of hydrogen-bond donors (Lipinski definition) is 1. The monoisotopic (exact) mass is 499 g/mol. The molecule has 2 fully saturated rings. The van der Waals surface area contributed by atoms with Crippen LogP contribution in [-0.2, 0) is 14.4 Å². The molecule has 4 aliphatic carbocycles. The van der Waals surface area contributed by atoms with Gasteiger partial charge in [-0.15, -0.1) is 0 Å². The van der Waals surface area contributed by atoms with Crippen molar-refractivity contribution in [3.8, 4) is 0 Å². The second-order valence-electron chi connectivity index (χ2n) is 13.4. The predicted octanol–water partition coefficient (Wildman–Crippen LogP) is 7.11. The summed E-state index contributed by atoms with van der Waals surface area (Å²) in [5, 5.41) is 0. The number of hydrogen-bond acceptors (Lipinski definition) is 4. The van der Waals surface area contributed by atoms with Crippen molar-refractivity contribution in [2.75, 3.05) is 7.05 Å². The van der Waals surface area contributed by atoms with Crippen LogP contribution < -0.4 is 5.73 Å². The Morgan fingerprint density at radius 1 is 0.972 bits per heavy atom. The minimum absolute atomic E-state index is 0.00500. The summed E-state index contributed by atoms with van der Waals surface area (Å²) in [4.78, 5) is 35.2. The number of nitrogens with two attached hydrogens (primary N) is 1. The number of carbonyl (C=O) groups excluding carboxylic acids is 3. The average molecular weight is 500 g/mol. The molecule has 36 heavy (non-hydrogen) atoms. The molecule has 4 aliphatic rings. The molecule has 0 bridgehead atoms. The molecule has 4 nitrogen and oxygen atoms in total. The van der Waals surface area contributed by atoms with Gasteiger partial charge in [0.1, 0.15) is 6.79 Å². The lowest BCUT2D eigenvalue weighted by molar-refractivity contribution is -0.158. The van der Waals surface area contributed by atoms with E-state index in [4.69, 9.17) is 4.79 Å². The fourth-order valence-corrected chi connectivity index (χ4v) is 9.73. The van der Waals surface area contributed by atoms with Crippen LogP contribution in [0.3, 0.4) is 0 Å². The predicted molar refractivity (Wildman–Crippen MR) is 149 cm³/mol. The first-order chi connectivity index (χ1) is 16.7. The highest BCUT2D eigenvalue weighted by Gasteiger charge is 2.67. The van der Waals surface area contributed by atoms with Crippen molar-refractivity contribution in [1.29, 1.82) is 0 Å². The molecule has 0 aliphatic heterocycles. The molecule has 0 amide bonds. The van der Waals surface area contributed by atoms with Crippen molar-refractivity contribution in [1.82, 2.24) is 0 Å². The Balaban J connectivity index is 0.00000109. The molecule has 2 N–H and O–H groups in total. The third-order valence-electron chi connectivity index (χ3n) is 11.5. The molecule has 0 aromatic heterocycles. The summed E-state index contributed by atoms with van der Waals surface area (Å²) in [6.45, 7) is 22.6. The van der Waals surface area contributed by atoms with Gasteiger partial charge in [0.2, 0.25) is 0 Å². The van der Waals surface area contributed by atoms with Crippen LogP contribution in [0.5, 0.6) is 0 Å². The van der Waals surface area contributed by atoms with Gasteiger partial charge >= 0.3 is 0 Å². The van der Waals surface area contributed by atoms with Crippen LogP contribution in [0, 0.1) is 44.8 Å². The minimum atomic E-state index is -0.380. The number of allylic oxidation sites excluding steroid dienone is 4. The van der Waals surface area contributed by atoms with Crippen LogP contribution in [-0.4, -0.2) is 25.4 Å². The zero-order valence-corrected chi connectivity index (χ0v) is 24.8. The van der Waals surface area contributed by atoms with E-state index in [1.807, 2.05) is 13.7 Å². The second kappa shape index (κ2) is 10.3. The Morgan fingerprint density at radius 2 is 1.56 bits per heavy atom. The first-order valence-electron chi connectivity index (χ1n) is 14.1. The van der Waals surface area contributed by atoms with E-state index >= 15 is 0 Å². The summed E-state index contributed by atoms with van der Waals surface area (Å²) in [5.41, 5.74) is 6.37. The Bertz CT molecular complexity index is 932. The van der Waals surface area contributed by atoms with Crippen molar-refractivity contribution in [3.63, 3.8) is 0 Å². The zero-order chi connectivity index (χ0) is 27.9. The fraction of sp³-hybridized carbons (Fsp3) is 0.781. The highest BCUT2D eigenvalue weighted by atomic mass is 16.1. The van der Waals surface area contributed by atoms with Gasteiger partial charge in [-0.25, -0.2) is 0 Å². The molecule has 4 heteroatoms. The lowest BCUT2D eigenvalue weighted by atomic mass is 9.35. The van der Waals surface area contributed by atoms with Crippen molar-refractivity contribution in [2.24, 2.45) is 50.6 Å². The van der Waals surface area contributed by atoms with Gasteiger partial charge in [0.25, 0.3) is 0 Å². The van der Waals surface area contributed by atoms with E-state index in [9.17, 15) is 9.59 Å². The topological polar surface area (TPSA) is 77.2 Å². The summed E-state index contributed by atoms with van der Waals surface area (Å²) < 4.78 is 0. The summed E-state index contributed by atoms with van der Waals surface area (Å²) in [5.74, 6) is 1.49. The van der Waals surface area contributed by atoms with Crippen molar-refractivity contribution < 1.29 is 14.4 Å². The maximum absolute atomic E-state index is 14.1. The van der Waals surface area contributed by atoms with E-state index in [0.717, 1.165) is 31.3 Å². The molecule has 4 rings (SSSR count). The van der Waals surface area contributed by atoms with Crippen molar-refractivity contribution in [2.45, 2.75) is 107 Å². The first-order valence-corrected chi connectivity index (χ1v) is 14.1. The van der Waals surface area contributed by atoms with Gasteiger partial charge in [-0.3, -0.25) is 9.59 Å². The average Bonchev–Trinajstić information content (AvgIpc) is 2.83. The molecule has 0 saturated heterocycles. The van der Waals surface area contributed by atoms with E-state index < -0.39 is 0 Å². The lowest BCUT2D eigenvalue weighted by Crippen LogP contribution is -2.63. The van der Waals surface area contributed by atoms with Gasteiger partial charge in [0.15, 0.2) is 11.6 Å². The molecule has 0 unspecified atom stereocenters. The zero-order valence-electron chi connectivity index (χ0n) is 24.8. The highest BCUT2D eigenvalue weighted by molar-refractivity contribution is 6.01. The van der Waals surface area contributed by atoms with Gasteiger partial charge in [0.05, 0.1) is 0 Å². The molecule has 0 aromatic rings. The van der Waals surface area contributed by atoms with E-state index in [2.05, 4.69) is 73.3 Å². The molecule has 204 valence electrons. The van der Waals surface area contributed by atoms with E-state index in [-0.39, 0.29) is 44.7 Å². The summed E-state index contributed by atoms with van der Waals surface area (Å²) in [6, 6.07) is 0. The fourth-order valence-electron chi connectivity index (χ4n) is 9.73. The van der Waals surface area contributed by atoms with Gasteiger partial charge in [-0.05, 0) is 85.8 Å². The molecule has 2 saturated carbocycles. The van der Waals surface area contributed by atoms with Gasteiger partial charge in [-0.2, -0.15) is 0 Å². The Morgan fingerprint density at radius 3 is 2.08 bits per heavy atom. The number of ketones is 2. The Labute approximate surface area is 220 Å². The van der Waals surface area contributed by atoms with Crippen LogP contribution >= 0.6 is 0 Å². The third kappa shape index (κ3) is 4.01. The minimum Gasteiger partial charge on any atom is -0.333 e. The molecular weight excluding hydrogens is 446 g/mol. The maximum atomic E-state index is 14.1. The van der Waals surface area contributed by atoms with Gasteiger partial charge < -0.3 is 10.5 Å². The smallest absolute Gasteiger partial charge is 0.164 e. The number of fused-ring (bicyclic) bond motifs is 5. The van der Waals surface area contributed by atoms with Crippen LogP contribution in [0.15, 0.2) is 23.3 Å². The quantitative estimate of drug-likeness (QED) is 0.449. The van der Waals surface area contributed by atoms with Gasteiger partial charge in [0, 0.05) is 16.7 Å². The molecule has 0 aromatic carbocycles. The van der Waals surface area contributed by atoms with E-state index in [1.54, 1.807) is 0 Å². The van der Waals surface area contributed by atoms with E-state index in [1.165, 1.54) is 31.9 Å². The number of rotatable bonds is 3. The standard InChI is InChI=1S/C30H46O2.CH5N.CH2O/c1-10-13-27(6)15-16-30(9)24(20(27)11-2)21(31)17-23-28(7)18-19(3)25(32)26(4,5)22(28)12-14-29(23,30)8;2*1-2/h17-18,20,22,24H,10-16H2,1-9H3;2H2,1H3;1H2/t20-,22-,24-,27+,28-,29+,30+;;/m0../s1. The molecule has 7 atom stereocenters.